The van der Waals surface area contributed by atoms with Crippen molar-refractivity contribution in [2.45, 2.75) is 6.92 Å². The maximum Gasteiger partial charge on any atom is 0.0793 e. The molecule has 0 fully saturated rings. The Bertz CT molecular complexity index is 1440. The SMILES string of the molecule is Cc1ccc2c(c1)c1nccc3c4ccccc4c4cccc2c4c31. The molecule has 0 N–H and O–H groups in total. The standard InChI is InChI=1S/C24H15N/c1-14-9-10-17-19-8-4-7-18-15-5-2-3-6-16(15)20-11-12-25-24(21(17)13-14)23(20)22(18)19/h2-13H,1H3. The van der Waals surface area contributed by atoms with Crippen LogP contribution in [-0.4, -0.2) is 4.98 Å². The van der Waals surface area contributed by atoms with E-state index in [9.17, 15) is 0 Å². The minimum absolute atomic E-state index is 1.12. The van der Waals surface area contributed by atoms with Gasteiger partial charge in [0.2, 0.25) is 0 Å². The fourth-order valence-corrected chi connectivity index (χ4v) is 4.46. The second kappa shape index (κ2) is 4.46. The van der Waals surface area contributed by atoms with Crippen molar-refractivity contribution in [2.24, 2.45) is 0 Å². The fourth-order valence-electron chi connectivity index (χ4n) is 4.46. The Balaban J connectivity index is 2.12. The van der Waals surface area contributed by atoms with Crippen LogP contribution in [-0.2, 0) is 0 Å². The molecule has 1 heteroatoms. The summed E-state index contributed by atoms with van der Waals surface area (Å²) in [5, 5.41) is 11.7. The van der Waals surface area contributed by atoms with Gasteiger partial charge in [-0.1, -0.05) is 60.2 Å². The molecular formula is C24H15N. The van der Waals surface area contributed by atoms with Crippen molar-refractivity contribution in [3.63, 3.8) is 0 Å². The van der Waals surface area contributed by atoms with Gasteiger partial charge in [0, 0.05) is 22.4 Å². The summed E-state index contributed by atoms with van der Waals surface area (Å²) in [4.78, 5) is 4.81. The number of hydrogen-bond acceptors (Lipinski definition) is 1. The Morgan fingerprint density at radius 3 is 1.96 bits per heavy atom. The number of aromatic nitrogens is 1. The molecule has 1 aromatic heterocycles. The Hall–Kier alpha value is -3.19. The maximum absolute atomic E-state index is 4.81. The van der Waals surface area contributed by atoms with Crippen LogP contribution in [0.15, 0.2) is 72.9 Å². The largest absolute Gasteiger partial charge is 0.256 e. The first kappa shape index (κ1) is 13.1. The molecule has 1 nitrogen and oxygen atoms in total. The molecule has 0 bridgehead atoms. The van der Waals surface area contributed by atoms with Crippen LogP contribution in [0.25, 0.3) is 54.0 Å². The molecule has 0 unspecified atom stereocenters. The molecule has 116 valence electrons. The highest BCUT2D eigenvalue weighted by Crippen LogP contribution is 2.43. The Labute approximate surface area is 144 Å². The van der Waals surface area contributed by atoms with Crippen LogP contribution >= 0.6 is 0 Å². The third kappa shape index (κ3) is 1.56. The molecule has 25 heavy (non-hydrogen) atoms. The average Bonchev–Trinajstić information content (AvgIpc) is 2.67. The van der Waals surface area contributed by atoms with E-state index >= 15 is 0 Å². The molecule has 0 amide bonds. The topological polar surface area (TPSA) is 12.9 Å². The zero-order valence-electron chi connectivity index (χ0n) is 13.9. The third-order valence-corrected chi connectivity index (χ3v) is 5.49. The lowest BCUT2D eigenvalue weighted by molar-refractivity contribution is 1.44. The highest BCUT2D eigenvalue weighted by Gasteiger charge is 2.16. The summed E-state index contributed by atoms with van der Waals surface area (Å²) in [6.45, 7) is 2.15. The van der Waals surface area contributed by atoms with Crippen LogP contribution in [0.3, 0.4) is 0 Å². The van der Waals surface area contributed by atoms with Crippen LogP contribution in [0.2, 0.25) is 0 Å². The highest BCUT2D eigenvalue weighted by atomic mass is 14.7. The summed E-state index contributed by atoms with van der Waals surface area (Å²) in [5.41, 5.74) is 2.39. The summed E-state index contributed by atoms with van der Waals surface area (Å²) in [5.74, 6) is 0. The highest BCUT2D eigenvalue weighted by molar-refractivity contribution is 6.39. The first-order valence-electron chi connectivity index (χ1n) is 8.66. The van der Waals surface area contributed by atoms with Gasteiger partial charge in [-0.15, -0.1) is 0 Å². The summed E-state index contributed by atoms with van der Waals surface area (Å²) in [6, 6.07) is 24.3. The predicted molar refractivity (Wildman–Crippen MR) is 108 cm³/mol. The Morgan fingerprint density at radius 2 is 1.20 bits per heavy atom. The molecule has 6 aromatic rings. The zero-order chi connectivity index (χ0) is 16.5. The lowest BCUT2D eigenvalue weighted by atomic mass is 9.88. The van der Waals surface area contributed by atoms with Crippen LogP contribution in [0.1, 0.15) is 5.56 Å². The average molecular weight is 317 g/mol. The quantitative estimate of drug-likeness (QED) is 0.227. The zero-order valence-corrected chi connectivity index (χ0v) is 13.9. The Kier molecular flexibility index (Phi) is 2.34. The van der Waals surface area contributed by atoms with Gasteiger partial charge >= 0.3 is 0 Å². The monoisotopic (exact) mass is 317 g/mol. The van der Waals surface area contributed by atoms with Gasteiger partial charge in [-0.25, -0.2) is 0 Å². The van der Waals surface area contributed by atoms with E-state index in [0.717, 1.165) is 5.52 Å². The molecule has 0 atom stereocenters. The second-order valence-electron chi connectivity index (χ2n) is 6.90. The number of benzene rings is 5. The van der Waals surface area contributed by atoms with Crippen molar-refractivity contribution in [1.29, 1.82) is 0 Å². The van der Waals surface area contributed by atoms with E-state index in [1.807, 2.05) is 6.20 Å². The number of aryl methyl sites for hydroxylation is 1. The van der Waals surface area contributed by atoms with Gasteiger partial charge in [0.15, 0.2) is 0 Å². The van der Waals surface area contributed by atoms with Crippen molar-refractivity contribution in [3.8, 4) is 0 Å². The van der Waals surface area contributed by atoms with E-state index in [2.05, 4.69) is 73.7 Å². The van der Waals surface area contributed by atoms with Gasteiger partial charge in [0.05, 0.1) is 5.52 Å². The fraction of sp³-hybridized carbons (Fsp3) is 0.0417. The first-order valence-corrected chi connectivity index (χ1v) is 8.66. The molecule has 0 aliphatic heterocycles. The molecule has 0 radical (unpaired) electrons. The molecular weight excluding hydrogens is 302 g/mol. The van der Waals surface area contributed by atoms with Crippen molar-refractivity contribution >= 4 is 54.0 Å². The molecule has 0 spiro atoms. The van der Waals surface area contributed by atoms with Gasteiger partial charge in [-0.05, 0) is 51.4 Å². The van der Waals surface area contributed by atoms with E-state index in [4.69, 9.17) is 4.98 Å². The van der Waals surface area contributed by atoms with Crippen LogP contribution in [0.4, 0.5) is 0 Å². The summed E-state index contributed by atoms with van der Waals surface area (Å²) in [7, 11) is 0. The van der Waals surface area contributed by atoms with E-state index in [0.29, 0.717) is 0 Å². The molecule has 0 aliphatic carbocycles. The second-order valence-corrected chi connectivity index (χ2v) is 6.90. The lowest BCUT2D eigenvalue weighted by Gasteiger charge is -2.16. The number of fused-ring (bicyclic) bond motifs is 6. The van der Waals surface area contributed by atoms with Gasteiger partial charge in [-0.3, -0.25) is 4.98 Å². The van der Waals surface area contributed by atoms with Crippen LogP contribution in [0.5, 0.6) is 0 Å². The van der Waals surface area contributed by atoms with Gasteiger partial charge in [-0.2, -0.15) is 0 Å². The molecule has 5 aromatic carbocycles. The number of hydrogen-bond donors (Lipinski definition) is 0. The summed E-state index contributed by atoms with van der Waals surface area (Å²) in [6.07, 6.45) is 1.95. The number of nitrogens with zero attached hydrogens (tertiary/aromatic N) is 1. The lowest BCUT2D eigenvalue weighted by Crippen LogP contribution is -1.91. The summed E-state index contributed by atoms with van der Waals surface area (Å²) < 4.78 is 0. The smallest absolute Gasteiger partial charge is 0.0793 e. The van der Waals surface area contributed by atoms with Crippen LogP contribution < -0.4 is 0 Å². The van der Waals surface area contributed by atoms with E-state index in [1.54, 1.807) is 0 Å². The molecule has 0 saturated heterocycles. The molecule has 0 saturated carbocycles. The van der Waals surface area contributed by atoms with Crippen molar-refractivity contribution in [2.75, 3.05) is 0 Å². The minimum atomic E-state index is 1.12. The van der Waals surface area contributed by atoms with Crippen molar-refractivity contribution < 1.29 is 0 Å². The van der Waals surface area contributed by atoms with Crippen molar-refractivity contribution in [1.82, 2.24) is 4.98 Å². The first-order chi connectivity index (χ1) is 12.3. The molecule has 1 heterocycles. The summed E-state index contributed by atoms with van der Waals surface area (Å²) >= 11 is 0. The van der Waals surface area contributed by atoms with E-state index in [1.165, 1.54) is 54.0 Å². The van der Waals surface area contributed by atoms with Gasteiger partial charge < -0.3 is 0 Å². The van der Waals surface area contributed by atoms with Gasteiger partial charge in [0.25, 0.3) is 0 Å². The number of rotatable bonds is 0. The molecule has 6 rings (SSSR count). The molecule has 0 aliphatic rings. The predicted octanol–water partition coefficient (Wildman–Crippen LogP) is 6.59. The van der Waals surface area contributed by atoms with Crippen molar-refractivity contribution in [3.05, 3.63) is 78.5 Å². The Morgan fingerprint density at radius 1 is 0.560 bits per heavy atom. The maximum atomic E-state index is 4.81. The van der Waals surface area contributed by atoms with E-state index in [-0.39, 0.29) is 0 Å². The van der Waals surface area contributed by atoms with Gasteiger partial charge in [0.1, 0.15) is 0 Å². The van der Waals surface area contributed by atoms with Crippen LogP contribution in [0, 0.1) is 6.92 Å². The third-order valence-electron chi connectivity index (χ3n) is 5.49. The minimum Gasteiger partial charge on any atom is -0.256 e. The van der Waals surface area contributed by atoms with E-state index < -0.39 is 0 Å². The number of pyridine rings is 1. The normalized spacial score (nSPS) is 12.2.